The molecule has 0 N–H and O–H groups in total. The number of fused-ring (bicyclic) bond motifs is 1. The molecular formula is C24H22FNO4Se. The molecule has 0 aliphatic carbocycles. The summed E-state index contributed by atoms with van der Waals surface area (Å²) in [5.74, 6) is 1.13. The van der Waals surface area contributed by atoms with Gasteiger partial charge in [0, 0.05) is 0 Å². The summed E-state index contributed by atoms with van der Waals surface area (Å²) >= 11 is -2.66. The SMILES string of the molecule is COc1cc([Se](=O)c2cn(Cc3ccc(F)cc3)c3ccccc23)cc(OC)c1OC. The minimum absolute atomic E-state index is 0.268. The molecule has 1 aromatic heterocycles. The van der Waals surface area contributed by atoms with Crippen molar-refractivity contribution in [1.82, 2.24) is 4.57 Å². The van der Waals surface area contributed by atoms with Gasteiger partial charge in [0.25, 0.3) is 0 Å². The van der Waals surface area contributed by atoms with Gasteiger partial charge in [-0.15, -0.1) is 0 Å². The number of benzene rings is 3. The van der Waals surface area contributed by atoms with E-state index in [1.165, 1.54) is 33.5 Å². The number of aromatic nitrogens is 1. The molecule has 0 spiro atoms. The van der Waals surface area contributed by atoms with Crippen molar-refractivity contribution in [3.63, 3.8) is 0 Å². The van der Waals surface area contributed by atoms with Gasteiger partial charge in [0.05, 0.1) is 0 Å². The Hall–Kier alpha value is -3.15. The van der Waals surface area contributed by atoms with E-state index in [4.69, 9.17) is 14.2 Å². The molecule has 3 aromatic carbocycles. The summed E-state index contributed by atoms with van der Waals surface area (Å²) in [4.78, 5) is 0. The predicted octanol–water partition coefficient (Wildman–Crippen LogP) is 3.39. The van der Waals surface area contributed by atoms with E-state index in [1.54, 1.807) is 24.3 Å². The van der Waals surface area contributed by atoms with Gasteiger partial charge in [0.1, 0.15) is 0 Å². The van der Waals surface area contributed by atoms with Crippen LogP contribution in [0.15, 0.2) is 66.9 Å². The predicted molar refractivity (Wildman–Crippen MR) is 119 cm³/mol. The summed E-state index contributed by atoms with van der Waals surface area (Å²) in [7, 11) is 4.61. The van der Waals surface area contributed by atoms with Crippen LogP contribution in [0.3, 0.4) is 0 Å². The Balaban J connectivity index is 1.79. The topological polar surface area (TPSA) is 49.7 Å². The molecule has 0 aliphatic heterocycles. The molecule has 1 atom stereocenters. The molecular weight excluding hydrogens is 464 g/mol. The van der Waals surface area contributed by atoms with Crippen molar-refractivity contribution >= 4 is 33.7 Å². The fraction of sp³-hybridized carbons (Fsp3) is 0.167. The van der Waals surface area contributed by atoms with Gasteiger partial charge >= 0.3 is 184 Å². The van der Waals surface area contributed by atoms with Gasteiger partial charge in [-0.25, -0.2) is 0 Å². The van der Waals surface area contributed by atoms with Crippen molar-refractivity contribution in [1.29, 1.82) is 0 Å². The molecule has 0 fully saturated rings. The molecule has 31 heavy (non-hydrogen) atoms. The van der Waals surface area contributed by atoms with Gasteiger partial charge in [-0.3, -0.25) is 0 Å². The zero-order chi connectivity index (χ0) is 22.0. The first-order valence-electron chi connectivity index (χ1n) is 9.59. The fourth-order valence-electron chi connectivity index (χ4n) is 3.57. The quantitative estimate of drug-likeness (QED) is 0.376. The van der Waals surface area contributed by atoms with Crippen LogP contribution in [-0.2, 0) is 10.4 Å². The Morgan fingerprint density at radius 3 is 2.16 bits per heavy atom. The molecule has 0 saturated carbocycles. The Bertz CT molecular complexity index is 1230. The molecule has 1 unspecified atom stereocenters. The third-order valence-corrected chi connectivity index (χ3v) is 7.98. The second-order valence-corrected chi connectivity index (χ2v) is 9.93. The molecule has 1 heterocycles. The number of ether oxygens (including phenoxy) is 3. The Morgan fingerprint density at radius 2 is 1.55 bits per heavy atom. The van der Waals surface area contributed by atoms with Crippen LogP contribution in [0, 0.1) is 5.82 Å². The first-order chi connectivity index (χ1) is 15.0. The first kappa shape index (κ1) is 21.1. The zero-order valence-corrected chi connectivity index (χ0v) is 19.1. The molecule has 0 radical (unpaired) electrons. The second-order valence-electron chi connectivity index (χ2n) is 6.89. The van der Waals surface area contributed by atoms with E-state index in [2.05, 4.69) is 0 Å². The third kappa shape index (κ3) is 4.07. The number of hydrogen-bond acceptors (Lipinski definition) is 4. The average molecular weight is 486 g/mol. The molecule has 7 heteroatoms. The number of halogens is 1. The number of hydrogen-bond donors (Lipinski definition) is 0. The molecule has 0 saturated heterocycles. The molecule has 4 rings (SSSR count). The second kappa shape index (κ2) is 8.92. The van der Waals surface area contributed by atoms with Gasteiger partial charge < -0.3 is 0 Å². The average Bonchev–Trinajstić information content (AvgIpc) is 3.17. The number of methoxy groups -OCH3 is 3. The Morgan fingerprint density at radius 1 is 0.903 bits per heavy atom. The van der Waals surface area contributed by atoms with Gasteiger partial charge in [0.15, 0.2) is 0 Å². The number of rotatable bonds is 7. The maximum absolute atomic E-state index is 13.7. The van der Waals surface area contributed by atoms with Crippen LogP contribution >= 0.6 is 0 Å². The van der Waals surface area contributed by atoms with Crippen molar-refractivity contribution in [2.45, 2.75) is 6.54 Å². The normalized spacial score (nSPS) is 12.0. The molecule has 0 aliphatic rings. The summed E-state index contributed by atoms with van der Waals surface area (Å²) < 4.78 is 46.7. The molecule has 160 valence electrons. The van der Waals surface area contributed by atoms with E-state index in [1.807, 2.05) is 35.0 Å². The summed E-state index contributed by atoms with van der Waals surface area (Å²) in [5.41, 5.74) is 1.93. The molecule has 5 nitrogen and oxygen atoms in total. The first-order valence-corrected chi connectivity index (χ1v) is 12.0. The van der Waals surface area contributed by atoms with Crippen molar-refractivity contribution in [3.05, 3.63) is 78.2 Å². The molecule has 4 aromatic rings. The van der Waals surface area contributed by atoms with Crippen LogP contribution in [0.25, 0.3) is 10.9 Å². The van der Waals surface area contributed by atoms with Crippen LogP contribution < -0.4 is 23.1 Å². The van der Waals surface area contributed by atoms with E-state index in [9.17, 15) is 8.23 Å². The maximum atomic E-state index is 13.7. The van der Waals surface area contributed by atoms with E-state index >= 15 is 0 Å². The van der Waals surface area contributed by atoms with E-state index < -0.39 is 13.8 Å². The van der Waals surface area contributed by atoms with Gasteiger partial charge in [0.2, 0.25) is 0 Å². The summed E-state index contributed by atoms with van der Waals surface area (Å²) in [6.45, 7) is 0.551. The molecule has 0 amide bonds. The summed E-state index contributed by atoms with van der Waals surface area (Å²) in [5, 5.41) is 0.929. The summed E-state index contributed by atoms with van der Waals surface area (Å²) in [6, 6.07) is 17.7. The van der Waals surface area contributed by atoms with E-state index in [-0.39, 0.29) is 5.82 Å². The van der Waals surface area contributed by atoms with Gasteiger partial charge in [-0.05, 0) is 0 Å². The van der Waals surface area contributed by atoms with Gasteiger partial charge in [-0.2, -0.15) is 0 Å². The fourth-order valence-corrected chi connectivity index (χ4v) is 6.25. The van der Waals surface area contributed by atoms with Crippen molar-refractivity contribution < 1.29 is 22.4 Å². The minimum atomic E-state index is -2.66. The monoisotopic (exact) mass is 487 g/mol. The standard InChI is InChI=1S/C24H22FNO4Se/c1-28-21-12-18(13-22(29-2)24(21)30-3)31(27)23-15-26(20-7-5-4-6-19(20)23)14-16-8-10-17(25)11-9-16/h4-13,15H,14H2,1-3H3. The summed E-state index contributed by atoms with van der Waals surface area (Å²) in [6.07, 6.45) is 1.93. The van der Waals surface area contributed by atoms with Crippen LogP contribution in [0.2, 0.25) is 0 Å². The van der Waals surface area contributed by atoms with Crippen molar-refractivity contribution in [2.75, 3.05) is 21.3 Å². The van der Waals surface area contributed by atoms with Gasteiger partial charge in [-0.1, -0.05) is 0 Å². The Kier molecular flexibility index (Phi) is 6.07. The van der Waals surface area contributed by atoms with Crippen molar-refractivity contribution in [2.24, 2.45) is 0 Å². The van der Waals surface area contributed by atoms with Crippen LogP contribution in [0.5, 0.6) is 17.2 Å². The van der Waals surface area contributed by atoms with Crippen LogP contribution in [0.4, 0.5) is 4.39 Å². The number of nitrogens with zero attached hydrogens (tertiary/aromatic N) is 1. The van der Waals surface area contributed by atoms with E-state index in [0.717, 1.165) is 20.9 Å². The number of para-hydroxylation sites is 1. The zero-order valence-electron chi connectivity index (χ0n) is 17.4. The third-order valence-electron chi connectivity index (χ3n) is 5.07. The Labute approximate surface area is 184 Å². The van der Waals surface area contributed by atoms with Crippen molar-refractivity contribution in [3.8, 4) is 17.2 Å². The van der Waals surface area contributed by atoms with Crippen LogP contribution in [-0.4, -0.2) is 39.7 Å². The van der Waals surface area contributed by atoms with E-state index in [0.29, 0.717) is 28.3 Å². The van der Waals surface area contributed by atoms with Crippen LogP contribution in [0.1, 0.15) is 5.56 Å². The molecule has 0 bridgehead atoms.